The zero-order valence-electron chi connectivity index (χ0n) is 11.7. The average molecular weight is 287 g/mol. The second-order valence-corrected chi connectivity index (χ2v) is 6.29. The largest absolute Gasteiger partial charge is 0.308 e. The second-order valence-electron chi connectivity index (χ2n) is 5.43. The maximum Gasteiger partial charge on any atom is 0.142 e. The van der Waals surface area contributed by atoms with E-state index < -0.39 is 0 Å². The summed E-state index contributed by atoms with van der Waals surface area (Å²) < 4.78 is 0. The Morgan fingerprint density at radius 2 is 2.00 bits per heavy atom. The molecular formula is C16H21N3S. The molecule has 3 nitrogen and oxygen atoms in total. The Balaban J connectivity index is 1.57. The smallest absolute Gasteiger partial charge is 0.142 e. The van der Waals surface area contributed by atoms with Crippen LogP contribution in [0, 0.1) is 0 Å². The van der Waals surface area contributed by atoms with E-state index in [4.69, 9.17) is 0 Å². The van der Waals surface area contributed by atoms with Crippen LogP contribution in [0.5, 0.6) is 0 Å². The van der Waals surface area contributed by atoms with Gasteiger partial charge in [-0.25, -0.2) is 4.98 Å². The predicted molar refractivity (Wildman–Crippen MR) is 83.7 cm³/mol. The summed E-state index contributed by atoms with van der Waals surface area (Å²) in [6.45, 7) is 0.883. The normalized spacial score (nSPS) is 17.0. The first-order valence-electron chi connectivity index (χ1n) is 7.51. The molecule has 0 amide bonds. The number of rotatable bonds is 4. The molecule has 0 unspecified atom stereocenters. The highest BCUT2D eigenvalue weighted by Gasteiger charge is 2.12. The van der Waals surface area contributed by atoms with E-state index in [1.54, 1.807) is 11.3 Å². The van der Waals surface area contributed by atoms with Gasteiger partial charge in [-0.2, -0.15) is 0 Å². The Morgan fingerprint density at radius 3 is 2.75 bits per heavy atom. The molecule has 0 bridgehead atoms. The zero-order valence-corrected chi connectivity index (χ0v) is 12.5. The summed E-state index contributed by atoms with van der Waals surface area (Å²) in [5.74, 6) is 0. The Bertz CT molecular complexity index is 516. The molecule has 106 valence electrons. The first kappa shape index (κ1) is 13.7. The molecule has 1 N–H and O–H groups in total. The summed E-state index contributed by atoms with van der Waals surface area (Å²) in [5.41, 5.74) is 2.11. The number of hydrogen-bond acceptors (Lipinski definition) is 4. The third-order valence-electron chi connectivity index (χ3n) is 3.86. The summed E-state index contributed by atoms with van der Waals surface area (Å²) in [5, 5.41) is 6.83. The van der Waals surface area contributed by atoms with Gasteiger partial charge < -0.3 is 5.32 Å². The van der Waals surface area contributed by atoms with Crippen LogP contribution in [0.4, 0.5) is 0 Å². The van der Waals surface area contributed by atoms with Crippen molar-refractivity contribution in [3.63, 3.8) is 0 Å². The number of nitrogens with one attached hydrogen (secondary N) is 1. The quantitative estimate of drug-likeness (QED) is 0.863. The molecular weight excluding hydrogens is 266 g/mol. The maximum atomic E-state index is 4.68. The van der Waals surface area contributed by atoms with Gasteiger partial charge in [-0.1, -0.05) is 31.7 Å². The van der Waals surface area contributed by atoms with E-state index in [1.165, 1.54) is 38.5 Å². The lowest BCUT2D eigenvalue weighted by Crippen LogP contribution is -2.27. The van der Waals surface area contributed by atoms with E-state index in [0.29, 0.717) is 6.04 Å². The van der Waals surface area contributed by atoms with E-state index in [0.717, 1.165) is 22.9 Å². The van der Waals surface area contributed by atoms with Crippen LogP contribution >= 0.6 is 11.3 Å². The van der Waals surface area contributed by atoms with E-state index in [2.05, 4.69) is 20.7 Å². The summed E-state index contributed by atoms with van der Waals surface area (Å²) in [7, 11) is 0. The summed E-state index contributed by atoms with van der Waals surface area (Å²) in [6.07, 6.45) is 9.99. The van der Waals surface area contributed by atoms with Crippen molar-refractivity contribution in [1.82, 2.24) is 15.3 Å². The van der Waals surface area contributed by atoms with Gasteiger partial charge >= 0.3 is 0 Å². The van der Waals surface area contributed by atoms with Crippen LogP contribution in [0.1, 0.15) is 44.2 Å². The molecule has 1 aliphatic rings. The molecule has 0 atom stereocenters. The minimum Gasteiger partial charge on any atom is -0.308 e. The molecule has 0 radical (unpaired) electrons. The SMILES string of the molecule is c1ccc(-c2nc(CNC3CCCCCC3)cs2)nc1. The van der Waals surface area contributed by atoms with Gasteiger partial charge in [0, 0.05) is 24.2 Å². The van der Waals surface area contributed by atoms with Crippen molar-refractivity contribution in [3.05, 3.63) is 35.5 Å². The van der Waals surface area contributed by atoms with E-state index in [1.807, 2.05) is 24.4 Å². The molecule has 0 spiro atoms. The lowest BCUT2D eigenvalue weighted by Gasteiger charge is -2.14. The van der Waals surface area contributed by atoms with Gasteiger partial charge in [-0.05, 0) is 25.0 Å². The van der Waals surface area contributed by atoms with Crippen molar-refractivity contribution in [3.8, 4) is 10.7 Å². The minimum absolute atomic E-state index is 0.678. The van der Waals surface area contributed by atoms with Crippen LogP contribution < -0.4 is 5.32 Å². The van der Waals surface area contributed by atoms with E-state index in [9.17, 15) is 0 Å². The van der Waals surface area contributed by atoms with Gasteiger partial charge in [0.05, 0.1) is 11.4 Å². The molecule has 0 saturated heterocycles. The molecule has 1 aliphatic carbocycles. The Morgan fingerprint density at radius 1 is 1.15 bits per heavy atom. The lowest BCUT2D eigenvalue weighted by atomic mass is 10.1. The molecule has 2 aromatic rings. The van der Waals surface area contributed by atoms with Crippen LogP contribution in [0.15, 0.2) is 29.8 Å². The fourth-order valence-corrected chi connectivity index (χ4v) is 3.52. The van der Waals surface area contributed by atoms with Crippen molar-refractivity contribution in [2.75, 3.05) is 0 Å². The Hall–Kier alpha value is -1.26. The molecule has 4 heteroatoms. The van der Waals surface area contributed by atoms with Gasteiger partial charge in [0.15, 0.2) is 0 Å². The first-order chi connectivity index (χ1) is 9.92. The standard InChI is InChI=1S/C16H21N3S/c1-2-4-8-13(7-3-1)18-11-14-12-20-16(19-14)15-9-5-6-10-17-15/h5-6,9-10,12-13,18H,1-4,7-8,11H2. The summed E-state index contributed by atoms with van der Waals surface area (Å²) >= 11 is 1.68. The van der Waals surface area contributed by atoms with Crippen LogP contribution in [0.3, 0.4) is 0 Å². The number of thiazole rings is 1. The lowest BCUT2D eigenvalue weighted by molar-refractivity contribution is 0.457. The highest BCUT2D eigenvalue weighted by molar-refractivity contribution is 7.13. The van der Waals surface area contributed by atoms with Crippen molar-refractivity contribution in [2.45, 2.75) is 51.1 Å². The maximum absolute atomic E-state index is 4.68. The highest BCUT2D eigenvalue weighted by atomic mass is 32.1. The van der Waals surface area contributed by atoms with Crippen LogP contribution in [0.2, 0.25) is 0 Å². The van der Waals surface area contributed by atoms with Gasteiger partial charge in [0.25, 0.3) is 0 Å². The second kappa shape index (κ2) is 6.95. The molecule has 0 aliphatic heterocycles. The topological polar surface area (TPSA) is 37.8 Å². The predicted octanol–water partition coefficient (Wildman–Crippen LogP) is 4.02. The molecule has 20 heavy (non-hydrogen) atoms. The van der Waals surface area contributed by atoms with Crippen LogP contribution in [-0.4, -0.2) is 16.0 Å². The third-order valence-corrected chi connectivity index (χ3v) is 4.78. The summed E-state index contributed by atoms with van der Waals surface area (Å²) in [6, 6.07) is 6.64. The van der Waals surface area contributed by atoms with Crippen molar-refractivity contribution < 1.29 is 0 Å². The molecule has 3 rings (SSSR count). The van der Waals surface area contributed by atoms with E-state index in [-0.39, 0.29) is 0 Å². The highest BCUT2D eigenvalue weighted by Crippen LogP contribution is 2.22. The van der Waals surface area contributed by atoms with E-state index >= 15 is 0 Å². The fraction of sp³-hybridized carbons (Fsp3) is 0.500. The Kier molecular flexibility index (Phi) is 4.77. The van der Waals surface area contributed by atoms with Crippen LogP contribution in [0.25, 0.3) is 10.7 Å². The third kappa shape index (κ3) is 3.64. The monoisotopic (exact) mass is 287 g/mol. The molecule has 2 aromatic heterocycles. The first-order valence-corrected chi connectivity index (χ1v) is 8.39. The van der Waals surface area contributed by atoms with Gasteiger partial charge in [-0.15, -0.1) is 11.3 Å². The molecule has 1 saturated carbocycles. The van der Waals surface area contributed by atoms with Crippen molar-refractivity contribution in [2.24, 2.45) is 0 Å². The number of pyridine rings is 1. The number of aromatic nitrogens is 2. The zero-order chi connectivity index (χ0) is 13.6. The minimum atomic E-state index is 0.678. The van der Waals surface area contributed by atoms with Gasteiger partial charge in [0.2, 0.25) is 0 Å². The molecule has 0 aromatic carbocycles. The molecule has 1 fully saturated rings. The van der Waals surface area contributed by atoms with Crippen molar-refractivity contribution >= 4 is 11.3 Å². The average Bonchev–Trinajstić information content (AvgIpc) is 2.82. The molecule has 2 heterocycles. The number of nitrogens with zero attached hydrogens (tertiary/aromatic N) is 2. The van der Waals surface area contributed by atoms with Gasteiger partial charge in [0.1, 0.15) is 5.01 Å². The summed E-state index contributed by atoms with van der Waals surface area (Å²) in [4.78, 5) is 9.03. The number of hydrogen-bond donors (Lipinski definition) is 1. The van der Waals surface area contributed by atoms with Crippen molar-refractivity contribution in [1.29, 1.82) is 0 Å². The Labute approximate surface area is 124 Å². The fourth-order valence-electron chi connectivity index (χ4n) is 2.73. The van der Waals surface area contributed by atoms with Gasteiger partial charge in [-0.3, -0.25) is 4.98 Å². The van der Waals surface area contributed by atoms with Crippen LogP contribution in [-0.2, 0) is 6.54 Å².